The van der Waals surface area contributed by atoms with Crippen LogP contribution in [-0.4, -0.2) is 34.5 Å². The smallest absolute Gasteiger partial charge is 0.335 e. The number of fused-ring (bicyclic) bond motifs is 2. The Kier molecular flexibility index (Phi) is 5.65. The number of aromatic carboxylic acids is 1. The van der Waals surface area contributed by atoms with E-state index in [9.17, 15) is 9.90 Å². The summed E-state index contributed by atoms with van der Waals surface area (Å²) in [6.45, 7) is 0. The van der Waals surface area contributed by atoms with Crippen LogP contribution in [0.15, 0.2) is 36.4 Å². The molecule has 146 valence electrons. The molecule has 27 heavy (non-hydrogen) atoms. The Labute approximate surface area is 161 Å². The van der Waals surface area contributed by atoms with Gasteiger partial charge in [-0.1, -0.05) is 37.1 Å². The van der Waals surface area contributed by atoms with Crippen molar-refractivity contribution in [2.24, 2.45) is 17.8 Å². The number of aliphatic hydroxyl groups excluding tert-OH is 1. The third-order valence-corrected chi connectivity index (χ3v) is 6.87. The molecule has 1 saturated carbocycles. The van der Waals surface area contributed by atoms with E-state index >= 15 is 0 Å². The van der Waals surface area contributed by atoms with Crippen LogP contribution in [-0.2, 0) is 11.2 Å². The fourth-order valence-electron chi connectivity index (χ4n) is 5.30. The van der Waals surface area contributed by atoms with Crippen molar-refractivity contribution in [3.63, 3.8) is 0 Å². The quantitative estimate of drug-likeness (QED) is 0.705. The maximum absolute atomic E-state index is 11.0. The average molecular weight is 370 g/mol. The molecule has 0 spiro atoms. The van der Waals surface area contributed by atoms with Crippen molar-refractivity contribution in [3.8, 4) is 0 Å². The van der Waals surface area contributed by atoms with Gasteiger partial charge in [-0.05, 0) is 68.1 Å². The Morgan fingerprint density at radius 3 is 2.52 bits per heavy atom. The largest absolute Gasteiger partial charge is 0.478 e. The van der Waals surface area contributed by atoms with Crippen LogP contribution in [0.2, 0.25) is 0 Å². The van der Waals surface area contributed by atoms with Gasteiger partial charge >= 0.3 is 5.97 Å². The fourth-order valence-corrected chi connectivity index (χ4v) is 5.30. The van der Waals surface area contributed by atoms with Gasteiger partial charge in [0.1, 0.15) is 0 Å². The maximum Gasteiger partial charge on any atom is 0.335 e. The molecule has 4 nitrogen and oxygen atoms in total. The van der Waals surface area contributed by atoms with Crippen molar-refractivity contribution in [2.45, 2.75) is 69.7 Å². The second kappa shape index (κ2) is 8.15. The van der Waals surface area contributed by atoms with E-state index in [2.05, 4.69) is 6.08 Å². The van der Waals surface area contributed by atoms with Crippen LogP contribution in [0.5, 0.6) is 0 Å². The Hall–Kier alpha value is -1.65. The van der Waals surface area contributed by atoms with Gasteiger partial charge in [-0.15, -0.1) is 0 Å². The molecule has 1 aliphatic carbocycles. The third-order valence-electron chi connectivity index (χ3n) is 6.87. The summed E-state index contributed by atoms with van der Waals surface area (Å²) >= 11 is 0. The first-order chi connectivity index (χ1) is 13.1. The number of rotatable bonds is 7. The lowest BCUT2D eigenvalue weighted by atomic mass is 9.76. The topological polar surface area (TPSA) is 66.8 Å². The lowest BCUT2D eigenvalue weighted by molar-refractivity contribution is 0.0697. The molecule has 5 atom stereocenters. The standard InChI is InChI=1S/C23H30O4/c24-20(16-3-1-2-4-16)12-11-19-18(21-13-14-22(19)27-21)10-7-15-5-8-17(9-6-15)23(25)26/h5-6,8-9,11-12,16,18-22,24H,1-4,7,10,13-14H2,(H,25,26)/b12-11+/t18-,19-,20?,21+,22-/m1/s1. The summed E-state index contributed by atoms with van der Waals surface area (Å²) in [5.74, 6) is 0.453. The lowest BCUT2D eigenvalue weighted by Crippen LogP contribution is -2.27. The van der Waals surface area contributed by atoms with Crippen LogP contribution in [0.3, 0.4) is 0 Å². The monoisotopic (exact) mass is 370 g/mol. The number of hydrogen-bond acceptors (Lipinski definition) is 3. The first-order valence-electron chi connectivity index (χ1n) is 10.5. The maximum atomic E-state index is 11.0. The molecule has 1 aromatic carbocycles. The van der Waals surface area contributed by atoms with Gasteiger partial charge < -0.3 is 14.9 Å². The van der Waals surface area contributed by atoms with Gasteiger partial charge in [-0.25, -0.2) is 4.79 Å². The SMILES string of the molecule is O=C(O)c1ccc(CC[C@@H]2[C@@H](/C=C/C(O)C3CCCC3)[C@H]3CC[C@@H]2O3)cc1. The fraction of sp³-hybridized carbons (Fsp3) is 0.609. The van der Waals surface area contributed by atoms with E-state index in [4.69, 9.17) is 9.84 Å². The van der Waals surface area contributed by atoms with E-state index in [0.29, 0.717) is 35.5 Å². The van der Waals surface area contributed by atoms with Crippen LogP contribution in [0.1, 0.15) is 60.9 Å². The average Bonchev–Trinajstić information content (AvgIpc) is 3.42. The van der Waals surface area contributed by atoms with Gasteiger partial charge in [0.25, 0.3) is 0 Å². The number of ether oxygens (including phenoxy) is 1. The Balaban J connectivity index is 1.37. The Morgan fingerprint density at radius 2 is 1.81 bits per heavy atom. The number of aryl methyl sites for hydroxylation is 1. The Morgan fingerprint density at radius 1 is 1.11 bits per heavy atom. The predicted molar refractivity (Wildman–Crippen MR) is 104 cm³/mol. The molecule has 0 aromatic heterocycles. The zero-order chi connectivity index (χ0) is 18.8. The molecule has 2 bridgehead atoms. The van der Waals surface area contributed by atoms with E-state index in [1.807, 2.05) is 18.2 Å². The first kappa shape index (κ1) is 18.7. The number of carbonyl (C=O) groups is 1. The molecule has 2 N–H and O–H groups in total. The molecule has 0 amide bonds. The van der Waals surface area contributed by atoms with Crippen molar-refractivity contribution < 1.29 is 19.7 Å². The summed E-state index contributed by atoms with van der Waals surface area (Å²) in [5, 5.41) is 19.5. The number of carboxylic acid groups (broad SMARTS) is 1. The van der Waals surface area contributed by atoms with E-state index in [1.165, 1.54) is 18.4 Å². The minimum atomic E-state index is -0.880. The second-order valence-corrected chi connectivity index (χ2v) is 8.49. The van der Waals surface area contributed by atoms with Crippen LogP contribution in [0.4, 0.5) is 0 Å². The van der Waals surface area contributed by atoms with Crippen LogP contribution in [0, 0.1) is 17.8 Å². The van der Waals surface area contributed by atoms with E-state index in [0.717, 1.165) is 38.5 Å². The second-order valence-electron chi connectivity index (χ2n) is 8.49. The third kappa shape index (κ3) is 4.12. The minimum absolute atomic E-state index is 0.307. The molecule has 1 unspecified atom stereocenters. The van der Waals surface area contributed by atoms with Crippen molar-refractivity contribution in [3.05, 3.63) is 47.5 Å². The highest BCUT2D eigenvalue weighted by Crippen LogP contribution is 2.46. The van der Waals surface area contributed by atoms with Crippen molar-refractivity contribution in [1.82, 2.24) is 0 Å². The highest BCUT2D eigenvalue weighted by atomic mass is 16.5. The summed E-state index contributed by atoms with van der Waals surface area (Å²) in [4.78, 5) is 11.0. The molecule has 2 saturated heterocycles. The predicted octanol–water partition coefficient (Wildman–Crippen LogP) is 4.22. The molecule has 3 fully saturated rings. The molecule has 4 rings (SSSR count). The van der Waals surface area contributed by atoms with Crippen molar-refractivity contribution in [2.75, 3.05) is 0 Å². The van der Waals surface area contributed by atoms with E-state index in [1.54, 1.807) is 12.1 Å². The molecule has 0 radical (unpaired) electrons. The molecular formula is C23H30O4. The van der Waals surface area contributed by atoms with Gasteiger partial charge in [0, 0.05) is 5.92 Å². The van der Waals surface area contributed by atoms with Gasteiger partial charge in [-0.2, -0.15) is 0 Å². The van der Waals surface area contributed by atoms with Crippen molar-refractivity contribution >= 4 is 5.97 Å². The summed E-state index contributed by atoms with van der Waals surface area (Å²) < 4.78 is 6.18. The highest BCUT2D eigenvalue weighted by molar-refractivity contribution is 5.87. The number of benzene rings is 1. The summed E-state index contributed by atoms with van der Waals surface area (Å²) in [5.41, 5.74) is 1.51. The summed E-state index contributed by atoms with van der Waals surface area (Å²) in [7, 11) is 0. The molecule has 3 aliphatic rings. The van der Waals surface area contributed by atoms with Crippen molar-refractivity contribution in [1.29, 1.82) is 0 Å². The summed E-state index contributed by atoms with van der Waals surface area (Å²) in [6, 6.07) is 7.22. The highest BCUT2D eigenvalue weighted by Gasteiger charge is 2.47. The summed E-state index contributed by atoms with van der Waals surface area (Å²) in [6.07, 6.45) is 13.7. The lowest BCUT2D eigenvalue weighted by Gasteiger charge is -2.26. The molecule has 2 aliphatic heterocycles. The molecule has 1 aromatic rings. The molecule has 2 heterocycles. The molecule has 4 heteroatoms. The van der Waals surface area contributed by atoms with Gasteiger partial charge in [0.15, 0.2) is 0 Å². The van der Waals surface area contributed by atoms with Crippen LogP contribution >= 0.6 is 0 Å². The molecular weight excluding hydrogens is 340 g/mol. The Bertz CT molecular complexity index is 674. The minimum Gasteiger partial charge on any atom is -0.478 e. The normalized spacial score (nSPS) is 31.7. The first-order valence-corrected chi connectivity index (χ1v) is 10.5. The van der Waals surface area contributed by atoms with Crippen LogP contribution < -0.4 is 0 Å². The van der Waals surface area contributed by atoms with E-state index < -0.39 is 5.97 Å². The van der Waals surface area contributed by atoms with E-state index in [-0.39, 0.29) is 6.10 Å². The number of hydrogen-bond donors (Lipinski definition) is 2. The van der Waals surface area contributed by atoms with Gasteiger partial charge in [0.2, 0.25) is 0 Å². The zero-order valence-corrected chi connectivity index (χ0v) is 15.8. The van der Waals surface area contributed by atoms with Crippen LogP contribution in [0.25, 0.3) is 0 Å². The number of aliphatic hydroxyl groups is 1. The van der Waals surface area contributed by atoms with Gasteiger partial charge in [-0.3, -0.25) is 0 Å². The van der Waals surface area contributed by atoms with Gasteiger partial charge in [0.05, 0.1) is 23.9 Å². The number of carboxylic acids is 1. The zero-order valence-electron chi connectivity index (χ0n) is 15.8.